The Kier molecular flexibility index (Phi) is 9.69. The van der Waals surface area contributed by atoms with Crippen LogP contribution in [0.1, 0.15) is 31.4 Å². The van der Waals surface area contributed by atoms with Crippen LogP contribution in [0, 0.1) is 0 Å². The van der Waals surface area contributed by atoms with E-state index in [1.54, 1.807) is 39.5 Å². The molecule has 9 heteroatoms. The molecule has 4 N–H and O–H groups in total. The molecule has 1 aliphatic heterocycles. The van der Waals surface area contributed by atoms with E-state index < -0.39 is 6.10 Å². The third-order valence-electron chi connectivity index (χ3n) is 5.10. The van der Waals surface area contributed by atoms with Crippen molar-refractivity contribution in [2.75, 3.05) is 54.0 Å². The van der Waals surface area contributed by atoms with Gasteiger partial charge in [-0.2, -0.15) is 0 Å². The normalized spacial score (nSPS) is 16.6. The number of ether oxygens (including phenoxy) is 2. The van der Waals surface area contributed by atoms with E-state index in [0.29, 0.717) is 29.6 Å². The fourth-order valence-electron chi connectivity index (χ4n) is 3.34. The molecular weight excluding hydrogens is 386 g/mol. The zero-order valence-electron chi connectivity index (χ0n) is 18.4. The van der Waals surface area contributed by atoms with Crippen molar-refractivity contribution in [1.29, 1.82) is 0 Å². The van der Waals surface area contributed by atoms with Gasteiger partial charge >= 0.3 is 0 Å². The molecule has 2 rings (SSSR count). The van der Waals surface area contributed by atoms with E-state index in [9.17, 15) is 9.90 Å². The van der Waals surface area contributed by atoms with Crippen LogP contribution in [0.2, 0.25) is 0 Å². The first kappa shape index (κ1) is 23.8. The van der Waals surface area contributed by atoms with E-state index >= 15 is 0 Å². The molecule has 1 heterocycles. The Bertz CT molecular complexity index is 682. The molecule has 1 fully saturated rings. The van der Waals surface area contributed by atoms with Crippen molar-refractivity contribution in [1.82, 2.24) is 20.9 Å². The first-order valence-electron chi connectivity index (χ1n) is 10.4. The van der Waals surface area contributed by atoms with Crippen LogP contribution in [0.15, 0.2) is 23.2 Å². The molecule has 0 aliphatic carbocycles. The number of nitrogens with zero attached hydrogens (tertiary/aromatic N) is 2. The van der Waals surface area contributed by atoms with Gasteiger partial charge in [-0.3, -0.25) is 14.7 Å². The number of hydrogen-bond donors (Lipinski definition) is 4. The zero-order chi connectivity index (χ0) is 21.9. The topological polar surface area (TPSA) is 107 Å². The van der Waals surface area contributed by atoms with Crippen LogP contribution >= 0.6 is 0 Å². The highest BCUT2D eigenvalue weighted by atomic mass is 16.5. The van der Waals surface area contributed by atoms with Crippen LogP contribution in [0.4, 0.5) is 0 Å². The number of amides is 1. The van der Waals surface area contributed by atoms with Crippen molar-refractivity contribution >= 4 is 11.9 Å². The standard InChI is InChI=1S/C21H35N5O4/c1-5-23-21(25-16-6-8-26(9-7-16)14-20(28)22-2)24-13-19(27)15-10-17(29-3)12-18(11-15)30-4/h10-12,16,19,27H,5-9,13-14H2,1-4H3,(H,22,28)(H2,23,24,25). The summed E-state index contributed by atoms with van der Waals surface area (Å²) >= 11 is 0. The number of carbonyl (C=O) groups excluding carboxylic acids is 1. The quantitative estimate of drug-likeness (QED) is 0.340. The number of carbonyl (C=O) groups is 1. The second-order valence-corrected chi connectivity index (χ2v) is 7.25. The van der Waals surface area contributed by atoms with E-state index in [-0.39, 0.29) is 18.5 Å². The van der Waals surface area contributed by atoms with Crippen LogP contribution < -0.4 is 25.4 Å². The number of benzene rings is 1. The predicted octanol–water partition coefficient (Wildman–Crippen LogP) is 0.503. The molecule has 1 atom stereocenters. The van der Waals surface area contributed by atoms with Crippen molar-refractivity contribution in [2.24, 2.45) is 4.99 Å². The Hall–Kier alpha value is -2.52. The van der Waals surface area contributed by atoms with Gasteiger partial charge in [0.2, 0.25) is 5.91 Å². The number of likely N-dealkylation sites (tertiary alicyclic amines) is 1. The lowest BCUT2D eigenvalue weighted by Gasteiger charge is -2.32. The van der Waals surface area contributed by atoms with Crippen LogP contribution in [0.5, 0.6) is 11.5 Å². The molecule has 168 valence electrons. The molecule has 1 saturated heterocycles. The van der Waals surface area contributed by atoms with E-state index in [0.717, 1.165) is 32.5 Å². The summed E-state index contributed by atoms with van der Waals surface area (Å²) in [5.41, 5.74) is 0.688. The van der Waals surface area contributed by atoms with Gasteiger partial charge in [0, 0.05) is 38.8 Å². The van der Waals surface area contributed by atoms with Gasteiger partial charge in [-0.1, -0.05) is 0 Å². The molecule has 1 aliphatic rings. The highest BCUT2D eigenvalue weighted by molar-refractivity contribution is 5.80. The maximum Gasteiger partial charge on any atom is 0.233 e. The van der Waals surface area contributed by atoms with Crippen molar-refractivity contribution in [2.45, 2.75) is 31.9 Å². The molecule has 0 saturated carbocycles. The maximum atomic E-state index is 11.5. The van der Waals surface area contributed by atoms with E-state index in [1.807, 2.05) is 6.92 Å². The largest absolute Gasteiger partial charge is 0.497 e. The van der Waals surface area contributed by atoms with Gasteiger partial charge in [0.15, 0.2) is 5.96 Å². The van der Waals surface area contributed by atoms with Gasteiger partial charge < -0.3 is 30.5 Å². The fourth-order valence-corrected chi connectivity index (χ4v) is 3.34. The van der Waals surface area contributed by atoms with Gasteiger partial charge in [0.05, 0.1) is 33.4 Å². The van der Waals surface area contributed by atoms with Gasteiger partial charge in [-0.25, -0.2) is 0 Å². The summed E-state index contributed by atoms with van der Waals surface area (Å²) in [7, 11) is 4.82. The Morgan fingerprint density at radius 1 is 1.23 bits per heavy atom. The van der Waals surface area contributed by atoms with Gasteiger partial charge in [0.25, 0.3) is 0 Å². The highest BCUT2D eigenvalue weighted by Gasteiger charge is 2.21. The average molecular weight is 422 g/mol. The van der Waals surface area contributed by atoms with E-state index in [4.69, 9.17) is 9.47 Å². The number of guanidine groups is 1. The third-order valence-corrected chi connectivity index (χ3v) is 5.10. The fraction of sp³-hybridized carbons (Fsp3) is 0.619. The second-order valence-electron chi connectivity index (χ2n) is 7.25. The number of methoxy groups -OCH3 is 2. The summed E-state index contributed by atoms with van der Waals surface area (Å²) in [4.78, 5) is 18.2. The first-order valence-corrected chi connectivity index (χ1v) is 10.4. The second kappa shape index (κ2) is 12.2. The molecule has 1 unspecified atom stereocenters. The lowest BCUT2D eigenvalue weighted by Crippen LogP contribution is -2.50. The van der Waals surface area contributed by atoms with Crippen LogP contribution in [0.3, 0.4) is 0 Å². The molecule has 0 bridgehead atoms. The van der Waals surface area contributed by atoms with E-state index in [1.165, 1.54) is 0 Å². The van der Waals surface area contributed by atoms with Gasteiger partial charge in [-0.15, -0.1) is 0 Å². The predicted molar refractivity (Wildman–Crippen MR) is 117 cm³/mol. The monoisotopic (exact) mass is 421 g/mol. The summed E-state index contributed by atoms with van der Waals surface area (Å²) in [5.74, 6) is 1.97. The Morgan fingerprint density at radius 2 is 1.87 bits per heavy atom. The number of aliphatic imine (C=N–C) groups is 1. The molecule has 1 aromatic carbocycles. The van der Waals surface area contributed by atoms with Gasteiger partial charge in [-0.05, 0) is 37.5 Å². The minimum atomic E-state index is -0.779. The maximum absolute atomic E-state index is 11.5. The SMILES string of the molecule is CCNC(=NCC(O)c1cc(OC)cc(OC)c1)NC1CCN(CC(=O)NC)CC1. The third kappa shape index (κ3) is 7.38. The lowest BCUT2D eigenvalue weighted by molar-refractivity contribution is -0.122. The smallest absolute Gasteiger partial charge is 0.233 e. The number of nitrogens with one attached hydrogen (secondary N) is 3. The number of rotatable bonds is 9. The first-order chi connectivity index (χ1) is 14.5. The van der Waals surface area contributed by atoms with Crippen LogP contribution in [-0.2, 0) is 4.79 Å². The Balaban J connectivity index is 1.94. The van der Waals surface area contributed by atoms with Crippen LogP contribution in [-0.4, -0.2) is 81.9 Å². The molecule has 9 nitrogen and oxygen atoms in total. The van der Waals surface area contributed by atoms with Gasteiger partial charge in [0.1, 0.15) is 11.5 Å². The Morgan fingerprint density at radius 3 is 2.40 bits per heavy atom. The van der Waals surface area contributed by atoms with E-state index in [2.05, 4.69) is 25.8 Å². The van der Waals surface area contributed by atoms with Crippen molar-refractivity contribution < 1.29 is 19.4 Å². The lowest BCUT2D eigenvalue weighted by atomic mass is 10.1. The van der Waals surface area contributed by atoms with Crippen molar-refractivity contribution in [3.63, 3.8) is 0 Å². The minimum absolute atomic E-state index is 0.0412. The summed E-state index contributed by atoms with van der Waals surface area (Å²) in [6.45, 7) is 5.10. The number of aliphatic hydroxyl groups excluding tert-OH is 1. The summed E-state index contributed by atoms with van der Waals surface area (Å²) in [5, 5.41) is 20.0. The average Bonchev–Trinajstić information content (AvgIpc) is 2.78. The zero-order valence-corrected chi connectivity index (χ0v) is 18.4. The minimum Gasteiger partial charge on any atom is -0.497 e. The molecular formula is C21H35N5O4. The summed E-state index contributed by atoms with van der Waals surface area (Å²) < 4.78 is 10.5. The number of piperidine rings is 1. The number of aliphatic hydroxyl groups is 1. The summed E-state index contributed by atoms with van der Waals surface area (Å²) in [6.07, 6.45) is 1.08. The summed E-state index contributed by atoms with van der Waals surface area (Å²) in [6, 6.07) is 5.61. The van der Waals surface area contributed by atoms with Crippen molar-refractivity contribution in [3.8, 4) is 11.5 Å². The molecule has 0 spiro atoms. The highest BCUT2D eigenvalue weighted by Crippen LogP contribution is 2.26. The molecule has 1 amide bonds. The molecule has 1 aromatic rings. The van der Waals surface area contributed by atoms with Crippen molar-refractivity contribution in [3.05, 3.63) is 23.8 Å². The molecule has 0 aromatic heterocycles. The number of likely N-dealkylation sites (N-methyl/N-ethyl adjacent to an activating group) is 1. The molecule has 30 heavy (non-hydrogen) atoms. The van der Waals surface area contributed by atoms with Crippen LogP contribution in [0.25, 0.3) is 0 Å². The number of hydrogen-bond acceptors (Lipinski definition) is 6. The molecule has 0 radical (unpaired) electrons. The Labute approximate surface area is 178 Å².